The molecule has 0 aliphatic heterocycles. The lowest BCUT2D eigenvalue weighted by Gasteiger charge is -2.22. The third-order valence-corrected chi connectivity index (χ3v) is 8.58. The fourth-order valence-electron chi connectivity index (χ4n) is 3.97. The summed E-state index contributed by atoms with van der Waals surface area (Å²) in [5.74, 6) is 0. The molecule has 0 saturated heterocycles. The van der Waals surface area contributed by atoms with Gasteiger partial charge in [0.2, 0.25) is 18.2 Å². The molecule has 0 fully saturated rings. The molecule has 0 N–H and O–H groups in total. The van der Waals surface area contributed by atoms with Gasteiger partial charge in [-0.15, -0.1) is 0 Å². The van der Waals surface area contributed by atoms with E-state index < -0.39 is 18.2 Å². The predicted molar refractivity (Wildman–Crippen MR) is 124 cm³/mol. The van der Waals surface area contributed by atoms with Crippen LogP contribution in [0.3, 0.4) is 0 Å². The van der Waals surface area contributed by atoms with Crippen LogP contribution in [-0.4, -0.2) is 11.0 Å². The van der Waals surface area contributed by atoms with Gasteiger partial charge in [-0.3, -0.25) is 9.59 Å². The van der Waals surface area contributed by atoms with Crippen LogP contribution in [0.4, 0.5) is 0 Å². The van der Waals surface area contributed by atoms with E-state index in [1.165, 1.54) is 0 Å². The number of aryl methyl sites for hydroxylation is 4. The quantitative estimate of drug-likeness (QED) is 0.463. The van der Waals surface area contributed by atoms with Crippen LogP contribution in [0.15, 0.2) is 54.6 Å². The molecule has 0 aromatic heterocycles. The van der Waals surface area contributed by atoms with E-state index >= 15 is 0 Å². The number of benzene rings is 3. The lowest BCUT2D eigenvalue weighted by Crippen LogP contribution is -2.23. The average molecular weight is 418 g/mol. The molecule has 0 amide bonds. The van der Waals surface area contributed by atoms with Crippen LogP contribution in [0.5, 0.6) is 0 Å². The zero-order valence-electron chi connectivity index (χ0n) is 18.4. The molecular weight excluding hydrogens is 391 g/mol. The molecule has 3 rings (SSSR count). The van der Waals surface area contributed by atoms with E-state index in [-0.39, 0.29) is 5.30 Å². The van der Waals surface area contributed by atoms with Gasteiger partial charge in [0.1, 0.15) is 0 Å². The minimum Gasteiger partial charge on any atom is -0.302 e. The summed E-state index contributed by atoms with van der Waals surface area (Å²) in [5.41, 5.74) is 4.48. The molecule has 3 nitrogen and oxygen atoms in total. The van der Waals surface area contributed by atoms with Gasteiger partial charge < -0.3 is 4.57 Å². The topological polar surface area (TPSA) is 51.2 Å². The van der Waals surface area contributed by atoms with Crippen molar-refractivity contribution in [3.05, 3.63) is 99.1 Å². The fourth-order valence-corrected chi connectivity index (χ4v) is 6.53. The smallest absolute Gasteiger partial charge is 0.248 e. The second-order valence-corrected chi connectivity index (χ2v) is 10.5. The number of carbonyl (C=O) groups excluding carboxylic acids is 2. The number of rotatable bonds is 5. The second kappa shape index (κ2) is 8.16. The Morgan fingerprint density at radius 2 is 1.07 bits per heavy atom. The van der Waals surface area contributed by atoms with Crippen molar-refractivity contribution in [1.82, 2.24) is 0 Å². The van der Waals surface area contributed by atoms with Gasteiger partial charge in [-0.2, -0.15) is 0 Å². The van der Waals surface area contributed by atoms with Crippen LogP contribution in [0.1, 0.15) is 54.1 Å². The standard InChI is InChI=1S/C26H27O3P/c1-16-11-10-12-17(2)23(16)25(27)30(29,22-13-8-7-9-14-22)26(28)24-20(5)18(3)15-19(4)21(24)6/h7-15H,1-6H3. The van der Waals surface area contributed by atoms with E-state index in [0.717, 1.165) is 33.4 Å². The Morgan fingerprint density at radius 1 is 0.600 bits per heavy atom. The van der Waals surface area contributed by atoms with Gasteiger partial charge in [0.15, 0.2) is 0 Å². The van der Waals surface area contributed by atoms with Gasteiger partial charge in [0.05, 0.1) is 0 Å². The number of hydrogen-bond acceptors (Lipinski definition) is 3. The van der Waals surface area contributed by atoms with E-state index in [1.54, 1.807) is 30.3 Å². The molecule has 1 atom stereocenters. The predicted octanol–water partition coefficient (Wildman–Crippen LogP) is 6.21. The van der Waals surface area contributed by atoms with Gasteiger partial charge in [-0.25, -0.2) is 0 Å². The summed E-state index contributed by atoms with van der Waals surface area (Å²) in [6.07, 6.45) is 0. The highest BCUT2D eigenvalue weighted by atomic mass is 31.2. The van der Waals surface area contributed by atoms with Gasteiger partial charge in [-0.05, 0) is 74.9 Å². The summed E-state index contributed by atoms with van der Waals surface area (Å²) in [5, 5.41) is 0.278. The number of carbonyl (C=O) groups is 2. The lowest BCUT2D eigenvalue weighted by atomic mass is 9.95. The first-order valence-corrected chi connectivity index (χ1v) is 11.7. The largest absolute Gasteiger partial charge is 0.302 e. The van der Waals surface area contributed by atoms with Crippen molar-refractivity contribution in [3.8, 4) is 0 Å². The van der Waals surface area contributed by atoms with Gasteiger partial charge in [0.25, 0.3) is 0 Å². The third kappa shape index (κ3) is 3.48. The molecule has 3 aromatic rings. The van der Waals surface area contributed by atoms with Crippen molar-refractivity contribution in [3.63, 3.8) is 0 Å². The lowest BCUT2D eigenvalue weighted by molar-refractivity contribution is 0.104. The van der Waals surface area contributed by atoms with Crippen LogP contribution in [-0.2, 0) is 4.57 Å². The van der Waals surface area contributed by atoms with E-state index in [1.807, 2.05) is 65.8 Å². The molecule has 0 aliphatic carbocycles. The first-order chi connectivity index (χ1) is 14.1. The van der Waals surface area contributed by atoms with Crippen molar-refractivity contribution in [2.75, 3.05) is 0 Å². The normalized spacial score (nSPS) is 13.0. The molecule has 4 heteroatoms. The Kier molecular flexibility index (Phi) is 5.97. The van der Waals surface area contributed by atoms with E-state index in [4.69, 9.17) is 0 Å². The Labute approximate surface area is 178 Å². The monoisotopic (exact) mass is 418 g/mol. The summed E-state index contributed by atoms with van der Waals surface area (Å²) < 4.78 is 14.5. The molecule has 154 valence electrons. The number of hydrogen-bond donors (Lipinski definition) is 0. The Balaban J connectivity index is 2.35. The highest BCUT2D eigenvalue weighted by Gasteiger charge is 2.44. The molecule has 0 aliphatic rings. The van der Waals surface area contributed by atoms with Gasteiger partial charge in [-0.1, -0.05) is 54.6 Å². The minimum absolute atomic E-state index is 0.278. The minimum atomic E-state index is -4.12. The van der Waals surface area contributed by atoms with E-state index in [2.05, 4.69) is 0 Å². The third-order valence-electron chi connectivity index (χ3n) is 5.97. The maximum Gasteiger partial charge on any atom is 0.248 e. The summed E-state index contributed by atoms with van der Waals surface area (Å²) in [7, 11) is -4.12. The van der Waals surface area contributed by atoms with E-state index in [0.29, 0.717) is 11.1 Å². The molecule has 1 unspecified atom stereocenters. The maximum absolute atomic E-state index is 14.5. The summed E-state index contributed by atoms with van der Waals surface area (Å²) >= 11 is 0. The Bertz CT molecular complexity index is 1160. The highest BCUT2D eigenvalue weighted by Crippen LogP contribution is 2.52. The second-order valence-electron chi connectivity index (χ2n) is 7.96. The molecule has 0 bridgehead atoms. The molecule has 0 spiro atoms. The highest BCUT2D eigenvalue weighted by molar-refractivity contribution is 8.01. The first kappa shape index (κ1) is 21.9. The first-order valence-electron chi connectivity index (χ1n) is 9.99. The maximum atomic E-state index is 14.5. The fraction of sp³-hybridized carbons (Fsp3) is 0.231. The van der Waals surface area contributed by atoms with Crippen molar-refractivity contribution in [2.45, 2.75) is 41.5 Å². The molecule has 0 radical (unpaired) electrons. The van der Waals surface area contributed by atoms with Crippen LogP contribution in [0.2, 0.25) is 0 Å². The molecule has 0 saturated carbocycles. The van der Waals surface area contributed by atoms with Crippen molar-refractivity contribution >= 4 is 23.5 Å². The van der Waals surface area contributed by atoms with Crippen molar-refractivity contribution in [2.24, 2.45) is 0 Å². The summed E-state index contributed by atoms with van der Waals surface area (Å²) in [4.78, 5) is 27.8. The SMILES string of the molecule is Cc1cc(C)c(C)c(C(=O)P(=O)(C(=O)c2c(C)cccc2C)c2ccccc2)c1C. The average Bonchev–Trinajstić information content (AvgIpc) is 2.72. The summed E-state index contributed by atoms with van der Waals surface area (Å²) in [6, 6.07) is 16.0. The molecular formula is C26H27O3P. The zero-order chi connectivity index (χ0) is 22.2. The Hall–Kier alpha value is -2.77. The Morgan fingerprint density at radius 3 is 1.57 bits per heavy atom. The van der Waals surface area contributed by atoms with Gasteiger partial charge >= 0.3 is 0 Å². The van der Waals surface area contributed by atoms with Crippen LogP contribution in [0.25, 0.3) is 0 Å². The van der Waals surface area contributed by atoms with Crippen molar-refractivity contribution < 1.29 is 14.2 Å². The zero-order valence-corrected chi connectivity index (χ0v) is 19.3. The summed E-state index contributed by atoms with van der Waals surface area (Å²) in [6.45, 7) is 11.2. The molecule has 0 heterocycles. The van der Waals surface area contributed by atoms with Crippen LogP contribution >= 0.6 is 7.14 Å². The van der Waals surface area contributed by atoms with E-state index in [9.17, 15) is 14.2 Å². The van der Waals surface area contributed by atoms with Crippen LogP contribution in [0, 0.1) is 41.5 Å². The molecule has 30 heavy (non-hydrogen) atoms. The molecule has 3 aromatic carbocycles. The van der Waals surface area contributed by atoms with Crippen LogP contribution < -0.4 is 5.30 Å². The van der Waals surface area contributed by atoms with Crippen molar-refractivity contribution in [1.29, 1.82) is 0 Å². The van der Waals surface area contributed by atoms with Gasteiger partial charge in [0, 0.05) is 16.4 Å².